The van der Waals surface area contributed by atoms with E-state index in [0.717, 1.165) is 13.0 Å². The van der Waals surface area contributed by atoms with Gasteiger partial charge in [0.2, 0.25) is 0 Å². The number of rotatable bonds is 7. The van der Waals surface area contributed by atoms with E-state index in [-0.39, 0.29) is 30.8 Å². The number of hydrogen-bond donors (Lipinski definition) is 1. The maximum atomic E-state index is 12.9. The first kappa shape index (κ1) is 24.3. The van der Waals surface area contributed by atoms with Gasteiger partial charge in [0.25, 0.3) is 0 Å². The molecule has 2 aromatic rings. The van der Waals surface area contributed by atoms with E-state index in [4.69, 9.17) is 4.74 Å². The Hall–Kier alpha value is -2.37. The predicted octanol–water partition coefficient (Wildman–Crippen LogP) is 5.10. The first-order chi connectivity index (χ1) is 15.2. The fourth-order valence-electron chi connectivity index (χ4n) is 4.58. The Balaban J connectivity index is 1.96. The predicted molar refractivity (Wildman–Crippen MR) is 128 cm³/mol. The molecule has 3 rings (SSSR count). The zero-order chi connectivity index (χ0) is 23.3. The number of benzene rings is 2. The first-order valence-electron chi connectivity index (χ1n) is 11.7. The molecule has 0 radical (unpaired) electrons. The number of likely N-dealkylation sites (tertiary alicyclic amines) is 1. The van der Waals surface area contributed by atoms with Gasteiger partial charge in [-0.1, -0.05) is 74.5 Å². The van der Waals surface area contributed by atoms with Gasteiger partial charge in [0, 0.05) is 19.1 Å². The van der Waals surface area contributed by atoms with E-state index in [2.05, 4.69) is 67.3 Å². The minimum absolute atomic E-state index is 0.0629. The quantitative estimate of drug-likeness (QED) is 0.653. The SMILES string of the molecule is CC(C)CN(C(c1ccccc1)c1ccccc1)[C@@H]1C[C@H](CO)N(C(=O)OC(C)(C)C)C1. The minimum atomic E-state index is -0.566. The van der Waals surface area contributed by atoms with Crippen molar-refractivity contribution in [2.24, 2.45) is 5.92 Å². The van der Waals surface area contributed by atoms with E-state index in [0.29, 0.717) is 12.5 Å². The average molecular weight is 439 g/mol. The van der Waals surface area contributed by atoms with Crippen molar-refractivity contribution >= 4 is 6.09 Å². The van der Waals surface area contributed by atoms with Gasteiger partial charge in [0.15, 0.2) is 0 Å². The summed E-state index contributed by atoms with van der Waals surface area (Å²) in [4.78, 5) is 17.1. The number of hydrogen-bond acceptors (Lipinski definition) is 4. The van der Waals surface area contributed by atoms with E-state index in [1.54, 1.807) is 4.90 Å². The number of aliphatic hydroxyl groups excluding tert-OH is 1. The van der Waals surface area contributed by atoms with Crippen molar-refractivity contribution in [1.82, 2.24) is 9.80 Å². The molecule has 0 spiro atoms. The maximum absolute atomic E-state index is 12.9. The van der Waals surface area contributed by atoms with E-state index in [9.17, 15) is 9.90 Å². The number of ether oxygens (including phenoxy) is 1. The molecule has 32 heavy (non-hydrogen) atoms. The van der Waals surface area contributed by atoms with E-state index in [1.807, 2.05) is 32.9 Å². The van der Waals surface area contributed by atoms with Crippen LogP contribution in [0.5, 0.6) is 0 Å². The Kier molecular flexibility index (Phi) is 7.96. The molecular weight excluding hydrogens is 400 g/mol. The van der Waals surface area contributed by atoms with Crippen molar-refractivity contribution in [3.63, 3.8) is 0 Å². The number of aliphatic hydroxyl groups is 1. The van der Waals surface area contributed by atoms with Crippen molar-refractivity contribution in [3.05, 3.63) is 71.8 Å². The average Bonchev–Trinajstić information content (AvgIpc) is 3.18. The first-order valence-corrected chi connectivity index (χ1v) is 11.7. The summed E-state index contributed by atoms with van der Waals surface area (Å²) in [6.45, 7) is 11.4. The molecule has 1 heterocycles. The topological polar surface area (TPSA) is 53.0 Å². The molecule has 0 saturated carbocycles. The second-order valence-electron chi connectivity index (χ2n) is 10.2. The lowest BCUT2D eigenvalue weighted by atomic mass is 9.94. The van der Waals surface area contributed by atoms with E-state index >= 15 is 0 Å². The van der Waals surface area contributed by atoms with Crippen LogP contribution >= 0.6 is 0 Å². The molecule has 5 nitrogen and oxygen atoms in total. The zero-order valence-corrected chi connectivity index (χ0v) is 20.1. The lowest BCUT2D eigenvalue weighted by Gasteiger charge is -2.38. The fraction of sp³-hybridized carbons (Fsp3) is 0.519. The van der Waals surface area contributed by atoms with Gasteiger partial charge in [0.05, 0.1) is 18.7 Å². The molecule has 174 valence electrons. The van der Waals surface area contributed by atoms with Crippen LogP contribution in [-0.4, -0.2) is 58.4 Å². The van der Waals surface area contributed by atoms with Crippen LogP contribution < -0.4 is 0 Å². The highest BCUT2D eigenvalue weighted by atomic mass is 16.6. The van der Waals surface area contributed by atoms with Crippen LogP contribution in [0.1, 0.15) is 58.2 Å². The van der Waals surface area contributed by atoms with Gasteiger partial charge < -0.3 is 14.7 Å². The number of amides is 1. The van der Waals surface area contributed by atoms with Crippen molar-refractivity contribution in [3.8, 4) is 0 Å². The van der Waals surface area contributed by atoms with Crippen LogP contribution in [0.3, 0.4) is 0 Å². The standard InChI is InChI=1S/C27H38N2O3/c1-20(2)17-28(23-16-24(19-30)29(18-23)26(31)32-27(3,4)5)25(21-12-8-6-9-13-21)22-14-10-7-11-15-22/h6-15,20,23-25,30H,16-19H2,1-5H3/t23-,24-/m1/s1. The summed E-state index contributed by atoms with van der Waals surface area (Å²) in [5.41, 5.74) is 1.90. The normalized spacial score (nSPS) is 19.2. The smallest absolute Gasteiger partial charge is 0.410 e. The third-order valence-corrected chi connectivity index (χ3v) is 5.84. The second-order valence-corrected chi connectivity index (χ2v) is 10.2. The Bertz CT molecular complexity index is 809. The summed E-state index contributed by atoms with van der Waals surface area (Å²) in [5.74, 6) is 0.452. The molecule has 1 amide bonds. The third kappa shape index (κ3) is 6.11. The molecule has 1 N–H and O–H groups in total. The van der Waals surface area contributed by atoms with Gasteiger partial charge in [-0.3, -0.25) is 4.90 Å². The number of nitrogens with zero attached hydrogens (tertiary/aromatic N) is 2. The highest BCUT2D eigenvalue weighted by molar-refractivity contribution is 5.69. The summed E-state index contributed by atoms with van der Waals surface area (Å²) >= 11 is 0. The van der Waals surface area contributed by atoms with Gasteiger partial charge in [-0.05, 0) is 44.2 Å². The Morgan fingerprint density at radius 1 is 1.06 bits per heavy atom. The van der Waals surface area contributed by atoms with Gasteiger partial charge in [-0.15, -0.1) is 0 Å². The van der Waals surface area contributed by atoms with Crippen LogP contribution in [0.2, 0.25) is 0 Å². The lowest BCUT2D eigenvalue weighted by molar-refractivity contribution is 0.0164. The highest BCUT2D eigenvalue weighted by Gasteiger charge is 2.42. The summed E-state index contributed by atoms with van der Waals surface area (Å²) in [7, 11) is 0. The lowest BCUT2D eigenvalue weighted by Crippen LogP contribution is -2.44. The third-order valence-electron chi connectivity index (χ3n) is 5.84. The van der Waals surface area contributed by atoms with Crippen LogP contribution in [0, 0.1) is 5.92 Å². The van der Waals surface area contributed by atoms with Crippen LogP contribution in [0.4, 0.5) is 4.79 Å². The molecule has 1 fully saturated rings. The fourth-order valence-corrected chi connectivity index (χ4v) is 4.58. The van der Waals surface area contributed by atoms with Crippen molar-refractivity contribution in [2.75, 3.05) is 19.7 Å². The Morgan fingerprint density at radius 3 is 2.03 bits per heavy atom. The molecule has 0 unspecified atom stereocenters. The molecule has 2 atom stereocenters. The minimum Gasteiger partial charge on any atom is -0.444 e. The molecule has 0 aromatic heterocycles. The van der Waals surface area contributed by atoms with E-state index < -0.39 is 5.60 Å². The highest BCUT2D eigenvalue weighted by Crippen LogP contribution is 2.35. The molecule has 1 aliphatic heterocycles. The van der Waals surface area contributed by atoms with Crippen LogP contribution in [-0.2, 0) is 4.74 Å². The molecular formula is C27H38N2O3. The van der Waals surface area contributed by atoms with E-state index in [1.165, 1.54) is 11.1 Å². The monoisotopic (exact) mass is 438 g/mol. The summed E-state index contributed by atoms with van der Waals surface area (Å²) in [6.07, 6.45) is 0.373. The molecule has 2 aromatic carbocycles. The molecule has 0 bridgehead atoms. The summed E-state index contributed by atoms with van der Waals surface area (Å²) in [6, 6.07) is 21.1. The van der Waals surface area contributed by atoms with Gasteiger partial charge in [-0.25, -0.2) is 4.79 Å². The van der Waals surface area contributed by atoms with Gasteiger partial charge in [-0.2, -0.15) is 0 Å². The molecule has 0 aliphatic carbocycles. The zero-order valence-electron chi connectivity index (χ0n) is 20.1. The molecule has 1 saturated heterocycles. The Morgan fingerprint density at radius 2 is 1.59 bits per heavy atom. The largest absolute Gasteiger partial charge is 0.444 e. The van der Waals surface area contributed by atoms with Crippen LogP contribution in [0.25, 0.3) is 0 Å². The van der Waals surface area contributed by atoms with Crippen molar-refractivity contribution < 1.29 is 14.6 Å². The summed E-state index contributed by atoms with van der Waals surface area (Å²) in [5, 5.41) is 10.1. The second kappa shape index (κ2) is 10.5. The number of carbonyl (C=O) groups is 1. The molecule has 1 aliphatic rings. The number of carbonyl (C=O) groups excluding carboxylic acids is 1. The Labute approximate surface area is 193 Å². The van der Waals surface area contributed by atoms with Gasteiger partial charge in [0.1, 0.15) is 5.60 Å². The van der Waals surface area contributed by atoms with Gasteiger partial charge >= 0.3 is 6.09 Å². The maximum Gasteiger partial charge on any atom is 0.410 e. The summed E-state index contributed by atoms with van der Waals surface area (Å²) < 4.78 is 5.65. The molecule has 5 heteroatoms. The van der Waals surface area contributed by atoms with Crippen LogP contribution in [0.15, 0.2) is 60.7 Å². The van der Waals surface area contributed by atoms with Crippen molar-refractivity contribution in [1.29, 1.82) is 0 Å². The van der Waals surface area contributed by atoms with Crippen molar-refractivity contribution in [2.45, 2.75) is 64.8 Å².